The average molecular weight is 345 g/mol. The lowest BCUT2D eigenvalue weighted by molar-refractivity contribution is 0.601. The molecule has 3 aromatic rings. The summed E-state index contributed by atoms with van der Waals surface area (Å²) in [5, 5.41) is 4.72. The zero-order valence-electron chi connectivity index (χ0n) is 13.0. The molecule has 124 valence electrons. The lowest BCUT2D eigenvalue weighted by Crippen LogP contribution is -2.19. The van der Waals surface area contributed by atoms with E-state index in [0.717, 1.165) is 11.1 Å². The van der Waals surface area contributed by atoms with Crippen molar-refractivity contribution in [2.75, 3.05) is 4.72 Å². The van der Waals surface area contributed by atoms with Gasteiger partial charge in [-0.1, -0.05) is 6.07 Å². The quantitative estimate of drug-likeness (QED) is 0.670. The third-order valence-electron chi connectivity index (χ3n) is 3.84. The van der Waals surface area contributed by atoms with Crippen LogP contribution in [0.5, 0.6) is 0 Å². The Kier molecular flexibility index (Phi) is 3.76. The third-order valence-corrected chi connectivity index (χ3v) is 5.22. The molecule has 0 spiro atoms. The fraction of sp³-hybridized carbons (Fsp3) is 0.125. The molecular formula is C16H15N3O4S. The highest BCUT2D eigenvalue weighted by molar-refractivity contribution is 7.92. The Balaban J connectivity index is 2.05. The summed E-state index contributed by atoms with van der Waals surface area (Å²) in [5.41, 5.74) is 1.10. The highest BCUT2D eigenvalue weighted by atomic mass is 32.2. The Morgan fingerprint density at radius 2 is 1.50 bits per heavy atom. The van der Waals surface area contributed by atoms with Crippen molar-refractivity contribution in [2.24, 2.45) is 0 Å². The molecule has 1 aromatic heterocycles. The van der Waals surface area contributed by atoms with Gasteiger partial charge in [0.1, 0.15) is 0 Å². The minimum atomic E-state index is -3.79. The summed E-state index contributed by atoms with van der Waals surface area (Å²) in [4.78, 5) is 23.6. The largest absolute Gasteiger partial charge is 0.280 e. The number of aryl methyl sites for hydroxylation is 2. The molecule has 0 amide bonds. The lowest BCUT2D eigenvalue weighted by atomic mass is 10.1. The van der Waals surface area contributed by atoms with E-state index in [9.17, 15) is 18.0 Å². The molecule has 1 heterocycles. The van der Waals surface area contributed by atoms with Crippen molar-refractivity contribution in [3.8, 4) is 0 Å². The first-order valence-electron chi connectivity index (χ1n) is 7.13. The monoisotopic (exact) mass is 345 g/mol. The molecule has 3 rings (SSSR count). The summed E-state index contributed by atoms with van der Waals surface area (Å²) in [6.07, 6.45) is 0. The number of hydrogen-bond donors (Lipinski definition) is 3. The molecule has 3 N–H and O–H groups in total. The van der Waals surface area contributed by atoms with Crippen LogP contribution in [-0.2, 0) is 10.0 Å². The van der Waals surface area contributed by atoms with E-state index in [1.807, 2.05) is 13.8 Å². The maximum atomic E-state index is 12.5. The Morgan fingerprint density at radius 3 is 2.17 bits per heavy atom. The van der Waals surface area contributed by atoms with Crippen molar-refractivity contribution in [1.29, 1.82) is 0 Å². The zero-order chi connectivity index (χ0) is 17.5. The van der Waals surface area contributed by atoms with Crippen molar-refractivity contribution in [3.63, 3.8) is 0 Å². The Morgan fingerprint density at radius 1 is 0.833 bits per heavy atom. The van der Waals surface area contributed by atoms with Crippen molar-refractivity contribution in [2.45, 2.75) is 18.7 Å². The number of aromatic nitrogens is 2. The van der Waals surface area contributed by atoms with E-state index in [2.05, 4.69) is 14.9 Å². The SMILES string of the molecule is Cc1ccc(S(=O)(=O)Nc2ccc3c(=O)[nH][nH]c(=O)c3c2)cc1C. The zero-order valence-corrected chi connectivity index (χ0v) is 13.8. The Hall–Kier alpha value is -2.87. The highest BCUT2D eigenvalue weighted by Crippen LogP contribution is 2.20. The topological polar surface area (TPSA) is 112 Å². The first-order chi connectivity index (χ1) is 11.3. The van der Waals surface area contributed by atoms with Crippen molar-refractivity contribution >= 4 is 26.5 Å². The fourth-order valence-corrected chi connectivity index (χ4v) is 3.47. The molecule has 0 saturated carbocycles. The maximum absolute atomic E-state index is 12.5. The van der Waals surface area contributed by atoms with Gasteiger partial charge in [-0.05, 0) is 55.3 Å². The molecule has 0 unspecified atom stereocenters. The van der Waals surface area contributed by atoms with Crippen molar-refractivity contribution in [3.05, 3.63) is 68.2 Å². The molecule has 0 atom stereocenters. The van der Waals surface area contributed by atoms with Crippen molar-refractivity contribution in [1.82, 2.24) is 10.2 Å². The second kappa shape index (κ2) is 5.64. The van der Waals surface area contributed by atoms with E-state index < -0.39 is 21.1 Å². The number of rotatable bonds is 3. The minimum Gasteiger partial charge on any atom is -0.280 e. The van der Waals surface area contributed by atoms with E-state index in [-0.39, 0.29) is 21.4 Å². The highest BCUT2D eigenvalue weighted by Gasteiger charge is 2.15. The van der Waals surface area contributed by atoms with Gasteiger partial charge in [0.15, 0.2) is 0 Å². The van der Waals surface area contributed by atoms with Gasteiger partial charge in [0.25, 0.3) is 21.1 Å². The normalized spacial score (nSPS) is 11.6. The van der Waals surface area contributed by atoms with E-state index in [4.69, 9.17) is 0 Å². The van der Waals surface area contributed by atoms with Crippen LogP contribution in [0.15, 0.2) is 50.9 Å². The molecule has 0 aliphatic heterocycles. The molecule has 7 nitrogen and oxygen atoms in total. The molecule has 0 bridgehead atoms. The van der Waals surface area contributed by atoms with Crippen molar-refractivity contribution < 1.29 is 8.42 Å². The molecule has 0 fully saturated rings. The van der Waals surface area contributed by atoms with E-state index in [1.54, 1.807) is 12.1 Å². The van der Waals surface area contributed by atoms with Crippen LogP contribution in [0.3, 0.4) is 0 Å². The first-order valence-corrected chi connectivity index (χ1v) is 8.61. The minimum absolute atomic E-state index is 0.110. The number of anilines is 1. The standard InChI is InChI=1S/C16H15N3O4S/c1-9-3-5-12(7-10(9)2)24(22,23)19-11-4-6-13-14(8-11)16(21)18-17-15(13)20/h3-8,19H,1-2H3,(H,17,20)(H,18,21). The second-order valence-electron chi connectivity index (χ2n) is 5.52. The number of benzene rings is 2. The van der Waals surface area contributed by atoms with Gasteiger partial charge >= 0.3 is 0 Å². The van der Waals surface area contributed by atoms with Gasteiger partial charge in [0.2, 0.25) is 0 Å². The van der Waals surface area contributed by atoms with Gasteiger partial charge in [-0.25, -0.2) is 8.42 Å². The van der Waals surface area contributed by atoms with Gasteiger partial charge in [-0.2, -0.15) is 0 Å². The Bertz CT molecular complexity index is 1160. The summed E-state index contributed by atoms with van der Waals surface area (Å²) < 4.78 is 27.4. The van der Waals surface area contributed by atoms with E-state index in [0.29, 0.717) is 0 Å². The smallest absolute Gasteiger partial charge is 0.270 e. The van der Waals surface area contributed by atoms with Crippen LogP contribution in [0.2, 0.25) is 0 Å². The van der Waals surface area contributed by atoms with Crippen LogP contribution in [0.25, 0.3) is 10.8 Å². The predicted molar refractivity (Wildman–Crippen MR) is 91.9 cm³/mol. The van der Waals surface area contributed by atoms with Gasteiger partial charge in [0.05, 0.1) is 15.7 Å². The number of sulfonamides is 1. The predicted octanol–water partition coefficient (Wildman–Crippen LogP) is 1.63. The van der Waals surface area contributed by atoms with Crippen LogP contribution in [0.4, 0.5) is 5.69 Å². The molecule has 0 saturated heterocycles. The Labute approximate surface area is 137 Å². The number of fused-ring (bicyclic) bond motifs is 1. The summed E-state index contributed by atoms with van der Waals surface area (Å²) in [6.45, 7) is 3.72. The van der Waals surface area contributed by atoms with Crippen LogP contribution < -0.4 is 15.8 Å². The van der Waals surface area contributed by atoms with Gasteiger partial charge in [-0.15, -0.1) is 0 Å². The molecule has 2 aromatic carbocycles. The third kappa shape index (κ3) is 2.83. The summed E-state index contributed by atoms with van der Waals surface area (Å²) >= 11 is 0. The fourth-order valence-electron chi connectivity index (χ4n) is 2.34. The van der Waals surface area contributed by atoms with Crippen LogP contribution >= 0.6 is 0 Å². The molecular weight excluding hydrogens is 330 g/mol. The summed E-state index contributed by atoms with van der Waals surface area (Å²) in [6, 6.07) is 9.01. The second-order valence-corrected chi connectivity index (χ2v) is 7.20. The summed E-state index contributed by atoms with van der Waals surface area (Å²) in [5.74, 6) is 0. The maximum Gasteiger partial charge on any atom is 0.270 e. The molecule has 0 aliphatic carbocycles. The number of aromatic amines is 2. The van der Waals surface area contributed by atoms with Crippen LogP contribution in [-0.4, -0.2) is 18.6 Å². The first kappa shape index (κ1) is 16.0. The number of hydrogen-bond acceptors (Lipinski definition) is 4. The lowest BCUT2D eigenvalue weighted by Gasteiger charge is -2.10. The average Bonchev–Trinajstić information content (AvgIpc) is 2.53. The molecule has 0 aliphatic rings. The number of nitrogens with one attached hydrogen (secondary N) is 3. The van der Waals surface area contributed by atoms with Crippen LogP contribution in [0.1, 0.15) is 11.1 Å². The summed E-state index contributed by atoms with van der Waals surface area (Å²) in [7, 11) is -3.79. The molecule has 8 heteroatoms. The van der Waals surface area contributed by atoms with Crippen LogP contribution in [0, 0.1) is 13.8 Å². The van der Waals surface area contributed by atoms with E-state index in [1.165, 1.54) is 24.3 Å². The van der Waals surface area contributed by atoms with E-state index >= 15 is 0 Å². The number of H-pyrrole nitrogens is 2. The molecule has 0 radical (unpaired) electrons. The molecule has 24 heavy (non-hydrogen) atoms. The van der Waals surface area contributed by atoms with Gasteiger partial charge < -0.3 is 0 Å². The van der Waals surface area contributed by atoms with Gasteiger partial charge in [-0.3, -0.25) is 24.5 Å². The van der Waals surface area contributed by atoms with Gasteiger partial charge in [0, 0.05) is 5.69 Å².